The molecule has 0 unspecified atom stereocenters. The van der Waals surface area contributed by atoms with Crippen LogP contribution < -0.4 is 10.2 Å². The normalized spacial score (nSPS) is 26.6. The van der Waals surface area contributed by atoms with Crippen LogP contribution in [0.2, 0.25) is 0 Å². The average Bonchev–Trinajstić information content (AvgIpc) is 2.66. The third-order valence-corrected chi connectivity index (χ3v) is 3.82. The molecule has 1 aromatic rings. The number of fused-ring (bicyclic) bond motifs is 3. The van der Waals surface area contributed by atoms with Crippen molar-refractivity contribution in [2.75, 3.05) is 18.0 Å². The van der Waals surface area contributed by atoms with Crippen LogP contribution in [0.1, 0.15) is 28.5 Å². The molecule has 0 spiro atoms. The van der Waals surface area contributed by atoms with Crippen molar-refractivity contribution in [2.24, 2.45) is 0 Å². The van der Waals surface area contributed by atoms with Crippen LogP contribution in [0, 0.1) is 6.92 Å². The van der Waals surface area contributed by atoms with Crippen molar-refractivity contribution in [3.8, 4) is 0 Å². The summed E-state index contributed by atoms with van der Waals surface area (Å²) in [5.41, 5.74) is 2.78. The van der Waals surface area contributed by atoms with E-state index in [9.17, 15) is 4.79 Å². The van der Waals surface area contributed by atoms with Crippen LogP contribution in [0.25, 0.3) is 0 Å². The lowest BCUT2D eigenvalue weighted by molar-refractivity contribution is 0.112. The van der Waals surface area contributed by atoms with E-state index in [0.29, 0.717) is 12.1 Å². The molecule has 0 saturated carbocycles. The van der Waals surface area contributed by atoms with Gasteiger partial charge in [-0.3, -0.25) is 4.79 Å². The van der Waals surface area contributed by atoms with Crippen molar-refractivity contribution in [2.45, 2.75) is 32.4 Å². The number of aromatic nitrogens is 1. The third-order valence-electron chi connectivity index (χ3n) is 3.82. The lowest BCUT2D eigenvalue weighted by Gasteiger charge is -2.37. The van der Waals surface area contributed by atoms with Crippen molar-refractivity contribution in [1.82, 2.24) is 10.3 Å². The summed E-state index contributed by atoms with van der Waals surface area (Å²) >= 11 is 0. The van der Waals surface area contributed by atoms with Gasteiger partial charge in [-0.05, 0) is 31.9 Å². The molecule has 90 valence electrons. The molecule has 4 nitrogen and oxygen atoms in total. The number of hydrogen-bond donors (Lipinski definition) is 1. The fourth-order valence-electron chi connectivity index (χ4n) is 2.97. The molecule has 1 fully saturated rings. The maximum Gasteiger partial charge on any atom is 0.151 e. The highest BCUT2D eigenvalue weighted by molar-refractivity contribution is 5.78. The zero-order valence-electron chi connectivity index (χ0n) is 10.2. The number of rotatable bonds is 1. The molecule has 2 aliphatic rings. The van der Waals surface area contributed by atoms with Crippen molar-refractivity contribution < 1.29 is 4.79 Å². The topological polar surface area (TPSA) is 45.2 Å². The molecule has 0 aromatic carbocycles. The fourth-order valence-corrected chi connectivity index (χ4v) is 2.97. The van der Waals surface area contributed by atoms with Crippen LogP contribution in [0.5, 0.6) is 0 Å². The summed E-state index contributed by atoms with van der Waals surface area (Å²) in [4.78, 5) is 18.0. The number of pyridine rings is 1. The largest absolute Gasteiger partial charge is 0.348 e. The van der Waals surface area contributed by atoms with Gasteiger partial charge in [0.15, 0.2) is 6.29 Å². The van der Waals surface area contributed by atoms with E-state index in [1.165, 1.54) is 5.56 Å². The molecule has 1 aromatic heterocycles. The second-order valence-electron chi connectivity index (χ2n) is 5.04. The molecule has 0 radical (unpaired) electrons. The molecule has 4 heteroatoms. The second kappa shape index (κ2) is 3.81. The minimum absolute atomic E-state index is 0.476. The van der Waals surface area contributed by atoms with E-state index in [1.807, 2.05) is 13.0 Å². The summed E-state index contributed by atoms with van der Waals surface area (Å²) in [5, 5.41) is 3.45. The number of aldehydes is 1. The van der Waals surface area contributed by atoms with Crippen molar-refractivity contribution in [3.05, 3.63) is 22.9 Å². The highest BCUT2D eigenvalue weighted by Gasteiger charge is 2.36. The summed E-state index contributed by atoms with van der Waals surface area (Å²) in [6.45, 7) is 6.14. The summed E-state index contributed by atoms with van der Waals surface area (Å²) < 4.78 is 0. The van der Waals surface area contributed by atoms with Gasteiger partial charge in [-0.15, -0.1) is 0 Å². The molecule has 2 aliphatic heterocycles. The van der Waals surface area contributed by atoms with E-state index in [-0.39, 0.29) is 0 Å². The Kier molecular flexibility index (Phi) is 2.40. The molecule has 0 bridgehead atoms. The van der Waals surface area contributed by atoms with Gasteiger partial charge in [-0.25, -0.2) is 4.98 Å². The summed E-state index contributed by atoms with van der Waals surface area (Å²) in [6.07, 6.45) is 1.91. The van der Waals surface area contributed by atoms with E-state index >= 15 is 0 Å². The van der Waals surface area contributed by atoms with Gasteiger partial charge < -0.3 is 10.2 Å². The highest BCUT2D eigenvalue weighted by Crippen LogP contribution is 2.34. The quantitative estimate of drug-likeness (QED) is 0.730. The SMILES string of the molecule is Cc1nc2c(cc1C=O)C[C@@H]1CNC[C@@H](C)N21. The van der Waals surface area contributed by atoms with Crippen molar-refractivity contribution in [3.63, 3.8) is 0 Å². The molecule has 1 N–H and O–H groups in total. The number of carbonyl (C=O) groups excluding carboxylic acids is 1. The van der Waals surface area contributed by atoms with Gasteiger partial charge in [0.2, 0.25) is 0 Å². The first-order valence-electron chi connectivity index (χ1n) is 6.15. The first-order valence-corrected chi connectivity index (χ1v) is 6.15. The van der Waals surface area contributed by atoms with Gasteiger partial charge in [-0.1, -0.05) is 0 Å². The molecule has 2 atom stereocenters. The molecule has 0 amide bonds. The van der Waals surface area contributed by atoms with Gasteiger partial charge in [0.1, 0.15) is 5.82 Å². The Morgan fingerprint density at radius 3 is 3.12 bits per heavy atom. The number of carbonyl (C=O) groups is 1. The Bertz CT molecular complexity index is 472. The smallest absolute Gasteiger partial charge is 0.151 e. The lowest BCUT2D eigenvalue weighted by Crippen LogP contribution is -2.55. The van der Waals surface area contributed by atoms with Crippen molar-refractivity contribution in [1.29, 1.82) is 0 Å². The molecule has 17 heavy (non-hydrogen) atoms. The number of nitrogens with one attached hydrogen (secondary N) is 1. The second-order valence-corrected chi connectivity index (χ2v) is 5.04. The van der Waals surface area contributed by atoms with E-state index in [2.05, 4.69) is 22.1 Å². The zero-order chi connectivity index (χ0) is 12.0. The van der Waals surface area contributed by atoms with E-state index < -0.39 is 0 Å². The maximum absolute atomic E-state index is 10.9. The van der Waals surface area contributed by atoms with E-state index in [1.54, 1.807) is 0 Å². The molecule has 1 saturated heterocycles. The number of aryl methyl sites for hydroxylation is 1. The summed E-state index contributed by atoms with van der Waals surface area (Å²) in [7, 11) is 0. The van der Waals surface area contributed by atoms with Gasteiger partial charge >= 0.3 is 0 Å². The number of anilines is 1. The van der Waals surface area contributed by atoms with E-state index in [0.717, 1.165) is 42.9 Å². The fraction of sp³-hybridized carbons (Fsp3) is 0.538. The molecule has 0 aliphatic carbocycles. The Morgan fingerprint density at radius 1 is 1.53 bits per heavy atom. The lowest BCUT2D eigenvalue weighted by atomic mass is 10.1. The summed E-state index contributed by atoms with van der Waals surface area (Å²) in [5.74, 6) is 1.09. The zero-order valence-corrected chi connectivity index (χ0v) is 10.2. The van der Waals surface area contributed by atoms with E-state index in [4.69, 9.17) is 0 Å². The van der Waals surface area contributed by atoms with Gasteiger partial charge in [0.05, 0.1) is 5.69 Å². The Balaban J connectivity index is 2.07. The highest BCUT2D eigenvalue weighted by atomic mass is 16.1. The molecule has 3 rings (SSSR count). The van der Waals surface area contributed by atoms with Crippen LogP contribution in [0.15, 0.2) is 6.07 Å². The third kappa shape index (κ3) is 1.55. The predicted octanol–water partition coefficient (Wildman–Crippen LogP) is 0.925. The maximum atomic E-state index is 10.9. The minimum Gasteiger partial charge on any atom is -0.348 e. The van der Waals surface area contributed by atoms with Gasteiger partial charge in [-0.2, -0.15) is 0 Å². The van der Waals surface area contributed by atoms with Crippen LogP contribution >= 0.6 is 0 Å². The van der Waals surface area contributed by atoms with Crippen LogP contribution in [-0.4, -0.2) is 36.4 Å². The van der Waals surface area contributed by atoms with Gasteiger partial charge in [0.25, 0.3) is 0 Å². The first kappa shape index (κ1) is 10.7. The van der Waals surface area contributed by atoms with Crippen LogP contribution in [0.4, 0.5) is 5.82 Å². The van der Waals surface area contributed by atoms with Crippen molar-refractivity contribution >= 4 is 12.1 Å². The van der Waals surface area contributed by atoms with Gasteiger partial charge in [0, 0.05) is 30.7 Å². The molecule has 3 heterocycles. The predicted molar refractivity (Wildman–Crippen MR) is 66.7 cm³/mol. The molecular formula is C13H17N3O. The van der Waals surface area contributed by atoms with Crippen LogP contribution in [0.3, 0.4) is 0 Å². The Morgan fingerprint density at radius 2 is 2.35 bits per heavy atom. The number of nitrogens with zero attached hydrogens (tertiary/aromatic N) is 2. The number of hydrogen-bond acceptors (Lipinski definition) is 4. The Hall–Kier alpha value is -1.42. The number of piperazine rings is 1. The first-order chi connectivity index (χ1) is 8.20. The standard InChI is InChI=1S/C13H17N3O/c1-8-5-14-6-12-4-10-3-11(7-17)9(2)15-13(10)16(8)12/h3,7-8,12,14H,4-6H2,1-2H3/t8-,12-/m1/s1. The summed E-state index contributed by atoms with van der Waals surface area (Å²) in [6, 6.07) is 2.99. The Labute approximate surface area is 101 Å². The monoisotopic (exact) mass is 231 g/mol. The minimum atomic E-state index is 0.476. The molecular weight excluding hydrogens is 214 g/mol. The van der Waals surface area contributed by atoms with Crippen LogP contribution in [-0.2, 0) is 6.42 Å². The average molecular weight is 231 g/mol.